The zero-order valence-corrected chi connectivity index (χ0v) is 24.4. The highest BCUT2D eigenvalue weighted by atomic mass is 35.5. The first-order valence-electron chi connectivity index (χ1n) is 13.3. The molecule has 0 radical (unpaired) electrons. The molecule has 1 saturated carbocycles. The number of carbonyl (C=O) groups excluding carboxylic acids is 1. The fraction of sp³-hybridized carbons (Fsp3) is 0.429. The van der Waals surface area contributed by atoms with Crippen molar-refractivity contribution in [3.05, 3.63) is 53.9 Å². The zero-order valence-electron chi connectivity index (χ0n) is 22.7. The van der Waals surface area contributed by atoms with Gasteiger partial charge in [-0.15, -0.1) is 24.8 Å². The standard InChI is InChI=1S/C28H35N7O3.2ClH/c1-18-9-14-22-21(17-18)25(34-26(31-22)27(36)30-19-10-12-20(37-2)13-11-19)32-23-7-3-4-8-24(23)33-28(29)35-15-5-6-16-38-35;;/h9-14,17,23-24H,3-8,15-16H2,1-2H3,(H2,29,33)(H,30,36)(H,31,32,34);2*1H/t23-,24+;;/m0../s1. The maximum atomic E-state index is 13.2. The average molecular weight is 591 g/mol. The van der Waals surface area contributed by atoms with Crippen molar-refractivity contribution >= 4 is 59.1 Å². The Kier molecular flexibility index (Phi) is 11.2. The smallest absolute Gasteiger partial charge is 0.293 e. The largest absolute Gasteiger partial charge is 0.497 e. The molecule has 12 heteroatoms. The van der Waals surface area contributed by atoms with Crippen LogP contribution >= 0.6 is 24.8 Å². The molecule has 0 spiro atoms. The first kappa shape index (κ1) is 31.2. The number of guanidine groups is 1. The van der Waals surface area contributed by atoms with E-state index in [9.17, 15) is 4.79 Å². The maximum Gasteiger partial charge on any atom is 0.293 e. The van der Waals surface area contributed by atoms with Crippen LogP contribution in [-0.4, -0.2) is 59.2 Å². The Morgan fingerprint density at radius 3 is 2.48 bits per heavy atom. The summed E-state index contributed by atoms with van der Waals surface area (Å²) >= 11 is 0. The van der Waals surface area contributed by atoms with Gasteiger partial charge in [0.25, 0.3) is 5.91 Å². The van der Waals surface area contributed by atoms with Gasteiger partial charge in [-0.25, -0.2) is 15.0 Å². The van der Waals surface area contributed by atoms with Crippen molar-refractivity contribution in [2.24, 2.45) is 0 Å². The number of rotatable bonds is 6. The third-order valence-corrected chi connectivity index (χ3v) is 7.06. The van der Waals surface area contributed by atoms with Gasteiger partial charge in [-0.2, -0.15) is 0 Å². The summed E-state index contributed by atoms with van der Waals surface area (Å²) in [6.07, 6.45) is 6.06. The van der Waals surface area contributed by atoms with Gasteiger partial charge in [0.15, 0.2) is 0 Å². The molecule has 4 N–H and O–H groups in total. The molecule has 1 aliphatic carbocycles. The van der Waals surface area contributed by atoms with Crippen LogP contribution < -0.4 is 20.7 Å². The number of nitrogens with one attached hydrogen (secondary N) is 4. The lowest BCUT2D eigenvalue weighted by atomic mass is 9.90. The molecule has 1 amide bonds. The Morgan fingerprint density at radius 1 is 1.02 bits per heavy atom. The van der Waals surface area contributed by atoms with Crippen LogP contribution in [0.15, 0.2) is 42.5 Å². The number of aromatic nitrogens is 2. The fourth-order valence-corrected chi connectivity index (χ4v) is 4.99. The second-order valence-corrected chi connectivity index (χ2v) is 9.88. The number of anilines is 2. The third kappa shape index (κ3) is 7.44. The molecule has 2 heterocycles. The molecule has 0 bridgehead atoms. The van der Waals surface area contributed by atoms with Crippen LogP contribution in [0.2, 0.25) is 0 Å². The van der Waals surface area contributed by atoms with E-state index in [1.807, 2.05) is 25.1 Å². The molecule has 2 aromatic carbocycles. The summed E-state index contributed by atoms with van der Waals surface area (Å²) in [4.78, 5) is 28.1. The Hall–Kier alpha value is -3.34. The molecule has 5 rings (SSSR count). The number of hydrogen-bond donors (Lipinski definition) is 4. The highest BCUT2D eigenvalue weighted by Crippen LogP contribution is 2.27. The van der Waals surface area contributed by atoms with E-state index in [2.05, 4.69) is 20.9 Å². The number of halogens is 2. The Morgan fingerprint density at radius 2 is 1.77 bits per heavy atom. The molecule has 216 valence electrons. The molecule has 1 aromatic heterocycles. The number of fused-ring (bicyclic) bond motifs is 1. The van der Waals surface area contributed by atoms with Crippen molar-refractivity contribution in [2.75, 3.05) is 30.9 Å². The van der Waals surface area contributed by atoms with Crippen LogP contribution in [-0.2, 0) is 4.84 Å². The highest BCUT2D eigenvalue weighted by Gasteiger charge is 2.29. The number of nitrogens with zero attached hydrogens (tertiary/aromatic N) is 3. The van der Waals surface area contributed by atoms with Crippen molar-refractivity contribution in [3.8, 4) is 5.75 Å². The van der Waals surface area contributed by atoms with Crippen molar-refractivity contribution in [1.82, 2.24) is 20.3 Å². The van der Waals surface area contributed by atoms with Gasteiger partial charge in [0.1, 0.15) is 11.6 Å². The zero-order chi connectivity index (χ0) is 26.5. The lowest BCUT2D eigenvalue weighted by Crippen LogP contribution is -2.53. The van der Waals surface area contributed by atoms with Crippen molar-refractivity contribution in [2.45, 2.75) is 57.5 Å². The molecule has 2 atom stereocenters. The number of hydrogen-bond acceptors (Lipinski definition) is 7. The van der Waals surface area contributed by atoms with Crippen molar-refractivity contribution in [1.29, 1.82) is 5.41 Å². The molecule has 2 fully saturated rings. The molecule has 3 aromatic rings. The predicted molar refractivity (Wildman–Crippen MR) is 162 cm³/mol. The van der Waals surface area contributed by atoms with Crippen LogP contribution in [0.1, 0.15) is 54.7 Å². The average Bonchev–Trinajstić information content (AvgIpc) is 2.95. The van der Waals surface area contributed by atoms with Crippen LogP contribution in [0.25, 0.3) is 10.9 Å². The first-order valence-corrected chi connectivity index (χ1v) is 13.3. The van der Waals surface area contributed by atoms with Crippen LogP contribution in [0.4, 0.5) is 11.5 Å². The van der Waals surface area contributed by atoms with Crippen molar-refractivity contribution in [3.63, 3.8) is 0 Å². The summed E-state index contributed by atoms with van der Waals surface area (Å²) in [6.45, 7) is 3.39. The first-order chi connectivity index (χ1) is 18.5. The molecule has 2 aliphatic rings. The van der Waals surface area contributed by atoms with Gasteiger partial charge in [-0.3, -0.25) is 15.0 Å². The number of aryl methyl sites for hydroxylation is 1. The highest BCUT2D eigenvalue weighted by molar-refractivity contribution is 6.04. The minimum atomic E-state index is -0.386. The van der Waals surface area contributed by atoms with Crippen LogP contribution in [0.5, 0.6) is 5.75 Å². The third-order valence-electron chi connectivity index (χ3n) is 7.06. The number of ether oxygens (including phenoxy) is 1. The van der Waals surface area contributed by atoms with Gasteiger partial charge >= 0.3 is 0 Å². The van der Waals surface area contributed by atoms with Gasteiger partial charge < -0.3 is 20.7 Å². The number of amides is 1. The second kappa shape index (κ2) is 14.3. The molecule has 0 unspecified atom stereocenters. The number of methoxy groups -OCH3 is 1. The van der Waals surface area contributed by atoms with E-state index in [1.54, 1.807) is 36.4 Å². The second-order valence-electron chi connectivity index (χ2n) is 9.88. The van der Waals surface area contributed by atoms with Crippen molar-refractivity contribution < 1.29 is 14.4 Å². The summed E-state index contributed by atoms with van der Waals surface area (Å²) in [5, 5.41) is 20.9. The van der Waals surface area contributed by atoms with Gasteiger partial charge in [0, 0.05) is 29.7 Å². The van der Waals surface area contributed by atoms with Crippen LogP contribution in [0, 0.1) is 12.3 Å². The summed E-state index contributed by atoms with van der Waals surface area (Å²) < 4.78 is 5.20. The van der Waals surface area contributed by atoms with Gasteiger partial charge in [0.2, 0.25) is 11.8 Å². The van der Waals surface area contributed by atoms with Gasteiger partial charge in [-0.05, 0) is 69.0 Å². The Bertz CT molecular complexity index is 1300. The maximum absolute atomic E-state index is 13.2. The lowest BCUT2D eigenvalue weighted by Gasteiger charge is -2.36. The number of carbonyl (C=O) groups is 1. The molecular formula is C28H37Cl2N7O3. The topological polar surface area (TPSA) is 124 Å². The fourth-order valence-electron chi connectivity index (χ4n) is 4.99. The van der Waals surface area contributed by atoms with E-state index in [4.69, 9.17) is 20.0 Å². The van der Waals surface area contributed by atoms with E-state index < -0.39 is 0 Å². The monoisotopic (exact) mass is 589 g/mol. The van der Waals surface area contributed by atoms with E-state index in [-0.39, 0.29) is 48.6 Å². The normalized spacial score (nSPS) is 18.6. The molecule has 40 heavy (non-hydrogen) atoms. The quantitative estimate of drug-likeness (QED) is 0.225. The number of benzene rings is 2. The Balaban J connectivity index is 0.00000220. The summed E-state index contributed by atoms with van der Waals surface area (Å²) in [5.74, 6) is 1.34. The van der Waals surface area contributed by atoms with E-state index in [1.165, 1.54) is 0 Å². The molecular weight excluding hydrogens is 553 g/mol. The molecule has 1 aliphatic heterocycles. The summed E-state index contributed by atoms with van der Waals surface area (Å²) in [6, 6.07) is 13.1. The summed E-state index contributed by atoms with van der Waals surface area (Å²) in [5.41, 5.74) is 2.41. The Labute approximate surface area is 246 Å². The lowest BCUT2D eigenvalue weighted by molar-refractivity contribution is -0.127. The SMILES string of the molecule is COc1ccc(NC(=O)c2nc(N[C@H]3CCCC[C@H]3NC(=N)N3CCCCO3)c3cc(C)ccc3n2)cc1.Cl.Cl. The van der Waals surface area contributed by atoms with Crippen LogP contribution in [0.3, 0.4) is 0 Å². The van der Waals surface area contributed by atoms with Gasteiger partial charge in [-0.1, -0.05) is 24.5 Å². The minimum Gasteiger partial charge on any atom is -0.497 e. The minimum absolute atomic E-state index is 0. The number of hydroxylamine groups is 2. The predicted octanol–water partition coefficient (Wildman–Crippen LogP) is 5.32. The van der Waals surface area contributed by atoms with E-state index >= 15 is 0 Å². The molecule has 10 nitrogen and oxygen atoms in total. The summed E-state index contributed by atoms with van der Waals surface area (Å²) in [7, 11) is 1.60. The van der Waals surface area contributed by atoms with E-state index in [0.717, 1.165) is 56.0 Å². The van der Waals surface area contributed by atoms with Gasteiger partial charge in [0.05, 0.1) is 19.2 Å². The molecule has 1 saturated heterocycles. The van der Waals surface area contributed by atoms with E-state index in [0.29, 0.717) is 35.3 Å².